The summed E-state index contributed by atoms with van der Waals surface area (Å²) in [6.07, 6.45) is 5.18. The van der Waals surface area contributed by atoms with E-state index in [0.29, 0.717) is 11.8 Å². The molecule has 1 N–H and O–H groups in total. The van der Waals surface area contributed by atoms with Crippen LogP contribution in [0, 0.1) is 5.92 Å². The topological polar surface area (TPSA) is 54.8 Å². The van der Waals surface area contributed by atoms with Crippen LogP contribution in [0.15, 0.2) is 214 Å². The van der Waals surface area contributed by atoms with Gasteiger partial charge in [0.25, 0.3) is 0 Å². The first-order chi connectivity index (χ1) is 31.1. The zero-order valence-corrected chi connectivity index (χ0v) is 34.6. The Morgan fingerprint density at radius 2 is 1.27 bits per heavy atom. The van der Waals surface area contributed by atoms with Gasteiger partial charge in [0.2, 0.25) is 0 Å². The van der Waals surface area contributed by atoms with E-state index in [-0.39, 0.29) is 0 Å². The van der Waals surface area contributed by atoms with Crippen LogP contribution in [0.3, 0.4) is 0 Å². The molecule has 5 heteroatoms. The van der Waals surface area contributed by atoms with Crippen molar-refractivity contribution in [1.29, 1.82) is 0 Å². The lowest BCUT2D eigenvalue weighted by Gasteiger charge is -2.26. The van der Waals surface area contributed by atoms with Gasteiger partial charge in [-0.2, -0.15) is 0 Å². The second kappa shape index (κ2) is 14.0. The van der Waals surface area contributed by atoms with Gasteiger partial charge in [-0.3, -0.25) is 0 Å². The molecule has 1 aliphatic carbocycles. The molecule has 3 heterocycles. The van der Waals surface area contributed by atoms with Crippen LogP contribution in [0.5, 0.6) is 0 Å². The third-order valence-corrected chi connectivity index (χ3v) is 13.1. The van der Waals surface area contributed by atoms with Gasteiger partial charge in [0, 0.05) is 27.3 Å². The van der Waals surface area contributed by atoms with E-state index in [2.05, 4.69) is 205 Å². The summed E-state index contributed by atoms with van der Waals surface area (Å²) >= 11 is 0. The summed E-state index contributed by atoms with van der Waals surface area (Å²) in [5, 5.41) is 15.7. The Hall–Kier alpha value is -8.02. The number of hydrogen-bond donors (Lipinski definition) is 1. The van der Waals surface area contributed by atoms with Crippen molar-refractivity contribution in [3.63, 3.8) is 0 Å². The number of aromatic nitrogens is 1. The fraction of sp³-hybridized carbons (Fsp3) is 0.0690. The number of hydrogen-bond acceptors (Lipinski definition) is 4. The highest BCUT2D eigenvalue weighted by molar-refractivity contribution is 6.20. The monoisotopic (exact) mass is 808 g/mol. The minimum Gasteiger partial charge on any atom is -0.456 e. The average Bonchev–Trinajstić information content (AvgIpc) is 3.88. The first-order valence-corrected chi connectivity index (χ1v) is 21.8. The van der Waals surface area contributed by atoms with Crippen molar-refractivity contribution >= 4 is 93.3 Å². The van der Waals surface area contributed by atoms with E-state index in [1.165, 1.54) is 54.2 Å². The molecule has 5 nitrogen and oxygen atoms in total. The normalized spacial score (nSPS) is 16.8. The maximum absolute atomic E-state index is 6.78. The van der Waals surface area contributed by atoms with Gasteiger partial charge < -0.3 is 14.3 Å². The number of amidine groups is 2. The highest BCUT2D eigenvalue weighted by Gasteiger charge is 2.27. The highest BCUT2D eigenvalue weighted by Crippen LogP contribution is 2.41. The molecule has 9 aromatic carbocycles. The molecule has 0 bridgehead atoms. The molecule has 0 spiro atoms. The summed E-state index contributed by atoms with van der Waals surface area (Å²) in [6.45, 7) is 2.28. The van der Waals surface area contributed by atoms with E-state index in [0.717, 1.165) is 67.6 Å². The Labute approximate surface area is 363 Å². The molecule has 13 rings (SSSR count). The summed E-state index contributed by atoms with van der Waals surface area (Å²) in [5.74, 6) is 1.77. The molecular formula is C58H40N4O. The summed E-state index contributed by atoms with van der Waals surface area (Å²) in [5.41, 5.74) is 10.5. The fourth-order valence-corrected chi connectivity index (χ4v) is 10.2. The lowest BCUT2D eigenvalue weighted by atomic mass is 9.87. The number of furan rings is 1. The summed E-state index contributed by atoms with van der Waals surface area (Å²) < 4.78 is 9.21. The molecule has 2 aromatic heterocycles. The predicted octanol–water partition coefficient (Wildman–Crippen LogP) is 14.6. The van der Waals surface area contributed by atoms with Gasteiger partial charge in [0.1, 0.15) is 23.2 Å². The largest absolute Gasteiger partial charge is 0.456 e. The maximum atomic E-state index is 6.78. The third kappa shape index (κ3) is 5.84. The minimum absolute atomic E-state index is 0.314. The molecule has 11 aromatic rings. The Morgan fingerprint density at radius 3 is 2.14 bits per heavy atom. The van der Waals surface area contributed by atoms with Crippen LogP contribution < -0.4 is 5.32 Å². The van der Waals surface area contributed by atoms with Crippen LogP contribution in [0.2, 0.25) is 0 Å². The van der Waals surface area contributed by atoms with E-state index in [9.17, 15) is 0 Å². The van der Waals surface area contributed by atoms with Crippen molar-refractivity contribution in [1.82, 2.24) is 9.88 Å². The van der Waals surface area contributed by atoms with Crippen LogP contribution >= 0.6 is 0 Å². The van der Waals surface area contributed by atoms with E-state index in [1.807, 2.05) is 6.07 Å². The van der Waals surface area contributed by atoms with Gasteiger partial charge >= 0.3 is 0 Å². The molecule has 2 unspecified atom stereocenters. The smallest absolute Gasteiger partial charge is 0.159 e. The molecule has 298 valence electrons. The number of nitrogens with zero attached hydrogens (tertiary/aromatic N) is 3. The van der Waals surface area contributed by atoms with Crippen LogP contribution in [0.4, 0.5) is 0 Å². The first-order valence-electron chi connectivity index (χ1n) is 21.8. The predicted molar refractivity (Wildman–Crippen MR) is 263 cm³/mol. The van der Waals surface area contributed by atoms with Gasteiger partial charge in [0.05, 0.1) is 22.1 Å². The molecule has 0 saturated heterocycles. The minimum atomic E-state index is -0.399. The van der Waals surface area contributed by atoms with Gasteiger partial charge in [0.15, 0.2) is 5.84 Å². The maximum Gasteiger partial charge on any atom is 0.159 e. The van der Waals surface area contributed by atoms with E-state index in [1.54, 1.807) is 0 Å². The number of fused-ring (bicyclic) bond motifs is 10. The zero-order chi connectivity index (χ0) is 41.6. The molecule has 2 atom stereocenters. The number of allylic oxidation sites excluding steroid dienone is 2. The van der Waals surface area contributed by atoms with E-state index in [4.69, 9.17) is 14.4 Å². The van der Waals surface area contributed by atoms with Crippen molar-refractivity contribution in [2.24, 2.45) is 15.9 Å². The first kappa shape index (κ1) is 35.7. The van der Waals surface area contributed by atoms with Crippen LogP contribution in [-0.2, 0) is 0 Å². The van der Waals surface area contributed by atoms with Gasteiger partial charge in [-0.15, -0.1) is 0 Å². The quantitative estimate of drug-likeness (QED) is 0.176. The summed E-state index contributed by atoms with van der Waals surface area (Å²) in [6, 6.07) is 65.3. The average molecular weight is 809 g/mol. The number of aliphatic imine (C=N–C) groups is 2. The molecular weight excluding hydrogens is 769 g/mol. The second-order valence-corrected chi connectivity index (χ2v) is 17.1. The number of nitrogens with one attached hydrogen (secondary N) is 1. The van der Waals surface area contributed by atoms with E-state index < -0.39 is 6.17 Å². The van der Waals surface area contributed by atoms with Crippen molar-refractivity contribution in [3.8, 4) is 5.69 Å². The standard InChI is InChI=1S/C58H40N4O/c1-35-27-42(36-13-3-2-4-14-36)30-43(28-35)57-59-56(41-25-26-46-40(29-41)24-23-37-15-7-8-18-45(37)46)60-58(61-57)44-33-52(55-48-20-10-12-22-53(48)63-54(55)34-44)62-50-21-11-9-19-47(50)49-31-38-16-5-6-17-39(38)32-51(49)62/h2-26,28-35,56H,27H2,1H3,(H,59,60,61). The Bertz CT molecular complexity index is 3820. The Balaban J connectivity index is 1.04. The van der Waals surface area contributed by atoms with Crippen molar-refractivity contribution < 1.29 is 4.42 Å². The molecule has 0 amide bonds. The lowest BCUT2D eigenvalue weighted by molar-refractivity contribution is 0.666. The van der Waals surface area contributed by atoms with Gasteiger partial charge in [-0.25, -0.2) is 9.98 Å². The fourth-order valence-electron chi connectivity index (χ4n) is 10.2. The molecule has 2 aliphatic rings. The molecule has 0 saturated carbocycles. The third-order valence-electron chi connectivity index (χ3n) is 13.1. The van der Waals surface area contributed by atoms with E-state index >= 15 is 0 Å². The van der Waals surface area contributed by atoms with Gasteiger partial charge in [-0.1, -0.05) is 153 Å². The summed E-state index contributed by atoms with van der Waals surface area (Å²) in [4.78, 5) is 10.9. The van der Waals surface area contributed by atoms with Crippen molar-refractivity contribution in [2.45, 2.75) is 19.5 Å². The highest BCUT2D eigenvalue weighted by atomic mass is 16.3. The van der Waals surface area contributed by atoms with Crippen LogP contribution in [0.1, 0.15) is 36.2 Å². The van der Waals surface area contributed by atoms with Crippen molar-refractivity contribution in [2.75, 3.05) is 0 Å². The molecule has 0 radical (unpaired) electrons. The Kier molecular flexibility index (Phi) is 7.94. The summed E-state index contributed by atoms with van der Waals surface area (Å²) in [7, 11) is 0. The Morgan fingerprint density at radius 1 is 0.556 bits per heavy atom. The van der Waals surface area contributed by atoms with Crippen molar-refractivity contribution in [3.05, 3.63) is 216 Å². The zero-order valence-electron chi connectivity index (χ0n) is 34.6. The number of benzene rings is 9. The number of rotatable bonds is 5. The lowest BCUT2D eigenvalue weighted by Crippen LogP contribution is -2.34. The SMILES string of the molecule is CC1C=C(C2=NC(c3ccc4c(ccc5ccccc54)c3)NC(c3cc(-n4c5ccccc5c5cc6ccccc6cc54)c4c(c3)oc3ccccc34)=N2)C=C(c2ccccc2)C1. The molecule has 63 heavy (non-hydrogen) atoms. The second-order valence-electron chi connectivity index (χ2n) is 17.1. The molecule has 0 fully saturated rings. The molecule has 1 aliphatic heterocycles. The number of para-hydroxylation sites is 2. The van der Waals surface area contributed by atoms with Gasteiger partial charge in [-0.05, 0) is 110 Å². The van der Waals surface area contributed by atoms with Crippen LogP contribution in [-0.4, -0.2) is 16.2 Å². The van der Waals surface area contributed by atoms with Crippen LogP contribution in [0.25, 0.3) is 87.3 Å².